The Hall–Kier alpha value is -2.42. The van der Waals surface area contributed by atoms with Crippen LogP contribution in [0.25, 0.3) is 0 Å². The van der Waals surface area contributed by atoms with Gasteiger partial charge in [0, 0.05) is 11.7 Å². The second-order valence-electron chi connectivity index (χ2n) is 5.68. The van der Waals surface area contributed by atoms with E-state index in [1.807, 2.05) is 0 Å². The van der Waals surface area contributed by atoms with Crippen LogP contribution in [-0.4, -0.2) is 30.6 Å². The van der Waals surface area contributed by atoms with Crippen molar-refractivity contribution < 1.29 is 17.6 Å². The average Bonchev–Trinajstić information content (AvgIpc) is 3.20. The van der Waals surface area contributed by atoms with Crippen LogP contribution in [-0.2, 0) is 10.0 Å². The third-order valence-electron chi connectivity index (χ3n) is 3.90. The van der Waals surface area contributed by atoms with Gasteiger partial charge in [0.25, 0.3) is 15.9 Å². The van der Waals surface area contributed by atoms with Crippen LogP contribution < -0.4 is 10.0 Å². The highest BCUT2D eigenvalue weighted by atomic mass is 32.2. The summed E-state index contributed by atoms with van der Waals surface area (Å²) < 4.78 is 40.1. The fourth-order valence-corrected chi connectivity index (χ4v) is 3.85. The van der Waals surface area contributed by atoms with E-state index in [0.717, 1.165) is 37.8 Å². The third-order valence-corrected chi connectivity index (χ3v) is 5.26. The maximum absolute atomic E-state index is 12.9. The van der Waals surface area contributed by atoms with Gasteiger partial charge in [-0.1, -0.05) is 12.8 Å². The molecule has 128 valence electrons. The van der Waals surface area contributed by atoms with Gasteiger partial charge in [-0.15, -0.1) is 0 Å². The highest BCUT2D eigenvalue weighted by Crippen LogP contribution is 2.21. The lowest BCUT2D eigenvalue weighted by Crippen LogP contribution is -2.33. The van der Waals surface area contributed by atoms with Crippen LogP contribution in [0.1, 0.15) is 36.0 Å². The SMILES string of the molecule is O=C(NC1CCCC1)c1cn[nH]c1S(=O)(=O)Nc1ccc(F)cc1. The number of sulfonamides is 1. The van der Waals surface area contributed by atoms with Crippen molar-refractivity contribution in [3.63, 3.8) is 0 Å². The van der Waals surface area contributed by atoms with E-state index < -0.39 is 21.7 Å². The number of nitrogens with one attached hydrogen (secondary N) is 3. The van der Waals surface area contributed by atoms with Crippen molar-refractivity contribution in [3.05, 3.63) is 41.8 Å². The van der Waals surface area contributed by atoms with Crippen molar-refractivity contribution in [2.45, 2.75) is 36.8 Å². The first-order chi connectivity index (χ1) is 11.5. The van der Waals surface area contributed by atoms with Crippen molar-refractivity contribution in [1.29, 1.82) is 0 Å². The van der Waals surface area contributed by atoms with E-state index in [1.165, 1.54) is 18.3 Å². The van der Waals surface area contributed by atoms with E-state index in [2.05, 4.69) is 20.2 Å². The van der Waals surface area contributed by atoms with Crippen molar-refractivity contribution in [1.82, 2.24) is 15.5 Å². The summed E-state index contributed by atoms with van der Waals surface area (Å²) in [5.41, 5.74) is 0.143. The molecule has 1 aromatic carbocycles. The zero-order valence-corrected chi connectivity index (χ0v) is 13.6. The molecule has 0 unspecified atom stereocenters. The van der Waals surface area contributed by atoms with Crippen LogP contribution in [0, 0.1) is 5.82 Å². The van der Waals surface area contributed by atoms with E-state index >= 15 is 0 Å². The van der Waals surface area contributed by atoms with E-state index in [0.29, 0.717) is 0 Å². The summed E-state index contributed by atoms with van der Waals surface area (Å²) in [6.45, 7) is 0. The molecule has 1 aromatic heterocycles. The Morgan fingerprint density at radius 3 is 2.54 bits per heavy atom. The fraction of sp³-hybridized carbons (Fsp3) is 0.333. The Kier molecular flexibility index (Phi) is 4.52. The molecular weight excluding hydrogens is 335 g/mol. The number of carbonyl (C=O) groups is 1. The minimum absolute atomic E-state index is 0.0449. The number of aromatic nitrogens is 2. The maximum atomic E-state index is 12.9. The van der Waals surface area contributed by atoms with E-state index in [4.69, 9.17) is 0 Å². The molecule has 1 heterocycles. The number of halogens is 1. The van der Waals surface area contributed by atoms with Crippen molar-refractivity contribution in [3.8, 4) is 0 Å². The van der Waals surface area contributed by atoms with Gasteiger partial charge in [-0.25, -0.2) is 4.39 Å². The minimum atomic E-state index is -4.04. The number of nitrogens with zero attached hydrogens (tertiary/aromatic N) is 1. The van der Waals surface area contributed by atoms with Gasteiger partial charge in [0.1, 0.15) is 5.82 Å². The predicted molar refractivity (Wildman–Crippen MR) is 85.5 cm³/mol. The fourth-order valence-electron chi connectivity index (χ4n) is 2.70. The molecule has 3 rings (SSSR count). The predicted octanol–water partition coefficient (Wildman–Crippen LogP) is 2.02. The monoisotopic (exact) mass is 352 g/mol. The third kappa shape index (κ3) is 3.56. The zero-order valence-electron chi connectivity index (χ0n) is 12.8. The summed E-state index contributed by atoms with van der Waals surface area (Å²) in [5.74, 6) is -0.953. The summed E-state index contributed by atoms with van der Waals surface area (Å²) in [4.78, 5) is 12.3. The Balaban J connectivity index is 1.79. The van der Waals surface area contributed by atoms with Gasteiger partial charge in [-0.3, -0.25) is 14.6 Å². The second-order valence-corrected chi connectivity index (χ2v) is 7.30. The molecular formula is C15H17FN4O3S. The Morgan fingerprint density at radius 1 is 1.21 bits per heavy atom. The largest absolute Gasteiger partial charge is 0.349 e. The number of rotatable bonds is 5. The molecule has 1 fully saturated rings. The number of benzene rings is 1. The average molecular weight is 352 g/mol. The molecule has 0 radical (unpaired) electrons. The smallest absolute Gasteiger partial charge is 0.279 e. The van der Waals surface area contributed by atoms with Crippen LogP contribution in [0.15, 0.2) is 35.5 Å². The summed E-state index contributed by atoms with van der Waals surface area (Å²) >= 11 is 0. The Morgan fingerprint density at radius 2 is 1.88 bits per heavy atom. The van der Waals surface area contributed by atoms with Crippen LogP contribution >= 0.6 is 0 Å². The standard InChI is InChI=1S/C15H17FN4O3S/c16-10-5-7-12(8-6-10)20-24(22,23)15-13(9-17-19-15)14(21)18-11-3-1-2-4-11/h5-9,11,20H,1-4H2,(H,17,19)(H,18,21). The number of aromatic amines is 1. The molecule has 3 N–H and O–H groups in total. The number of hydrogen-bond acceptors (Lipinski definition) is 4. The number of H-pyrrole nitrogens is 1. The molecule has 0 aliphatic heterocycles. The van der Waals surface area contributed by atoms with Gasteiger partial charge in [0.2, 0.25) is 0 Å². The van der Waals surface area contributed by atoms with Gasteiger partial charge >= 0.3 is 0 Å². The molecule has 2 aromatic rings. The molecule has 7 nitrogen and oxygen atoms in total. The van der Waals surface area contributed by atoms with Gasteiger partial charge in [-0.05, 0) is 37.1 Å². The van der Waals surface area contributed by atoms with Crippen molar-refractivity contribution in [2.75, 3.05) is 4.72 Å². The van der Waals surface area contributed by atoms with Crippen molar-refractivity contribution >= 4 is 21.6 Å². The van der Waals surface area contributed by atoms with Crippen molar-refractivity contribution in [2.24, 2.45) is 0 Å². The molecule has 9 heteroatoms. The normalized spacial score (nSPS) is 15.4. The lowest BCUT2D eigenvalue weighted by molar-refractivity contribution is 0.0934. The molecule has 1 amide bonds. The number of amides is 1. The zero-order chi connectivity index (χ0) is 17.2. The molecule has 24 heavy (non-hydrogen) atoms. The lowest BCUT2D eigenvalue weighted by atomic mass is 10.2. The molecule has 0 saturated heterocycles. The van der Waals surface area contributed by atoms with Crippen LogP contribution in [0.5, 0.6) is 0 Å². The van der Waals surface area contributed by atoms with Gasteiger partial charge in [-0.2, -0.15) is 13.5 Å². The molecule has 0 bridgehead atoms. The van der Waals surface area contributed by atoms with Gasteiger partial charge < -0.3 is 5.32 Å². The highest BCUT2D eigenvalue weighted by Gasteiger charge is 2.27. The van der Waals surface area contributed by atoms with E-state index in [1.54, 1.807) is 0 Å². The van der Waals surface area contributed by atoms with Gasteiger partial charge in [0.05, 0.1) is 11.8 Å². The summed E-state index contributed by atoms with van der Waals surface area (Å²) in [5, 5.41) is 8.53. The first kappa shape index (κ1) is 16.4. The number of anilines is 1. The molecule has 0 spiro atoms. The lowest BCUT2D eigenvalue weighted by Gasteiger charge is -2.12. The minimum Gasteiger partial charge on any atom is -0.349 e. The Bertz CT molecular complexity index is 827. The van der Waals surface area contributed by atoms with E-state index in [-0.39, 0.29) is 22.3 Å². The van der Waals surface area contributed by atoms with Crippen LogP contribution in [0.4, 0.5) is 10.1 Å². The summed E-state index contributed by atoms with van der Waals surface area (Å²) in [6, 6.07) is 4.92. The maximum Gasteiger partial charge on any atom is 0.279 e. The topological polar surface area (TPSA) is 104 Å². The molecule has 1 aliphatic carbocycles. The van der Waals surface area contributed by atoms with Crippen LogP contribution in [0.2, 0.25) is 0 Å². The first-order valence-corrected chi connectivity index (χ1v) is 9.06. The first-order valence-electron chi connectivity index (χ1n) is 7.58. The number of carbonyl (C=O) groups excluding carboxylic acids is 1. The molecule has 0 atom stereocenters. The highest BCUT2D eigenvalue weighted by molar-refractivity contribution is 7.92. The summed E-state index contributed by atoms with van der Waals surface area (Å²) in [7, 11) is -4.04. The summed E-state index contributed by atoms with van der Waals surface area (Å²) in [6.07, 6.45) is 5.06. The van der Waals surface area contributed by atoms with E-state index in [9.17, 15) is 17.6 Å². The molecule has 1 aliphatic rings. The number of hydrogen-bond donors (Lipinski definition) is 3. The van der Waals surface area contributed by atoms with Crippen LogP contribution in [0.3, 0.4) is 0 Å². The Labute approximate surface area is 138 Å². The second kappa shape index (κ2) is 6.60. The quantitative estimate of drug-likeness (QED) is 0.766. The molecule has 1 saturated carbocycles. The van der Waals surface area contributed by atoms with Gasteiger partial charge in [0.15, 0.2) is 5.03 Å².